The zero-order valence-electron chi connectivity index (χ0n) is 19.3. The first-order valence-corrected chi connectivity index (χ1v) is 16.4. The molecule has 12 heteroatoms. The molecule has 4 nitrogen and oxygen atoms in total. The first kappa shape index (κ1) is 26.5. The molecule has 1 aliphatic carbocycles. The van der Waals surface area contributed by atoms with Crippen LogP contribution in [0.25, 0.3) is 10.9 Å². The fourth-order valence-corrected chi connectivity index (χ4v) is 7.96. The highest BCUT2D eigenvalue weighted by Crippen LogP contribution is 2.56. The molecule has 1 aromatic heterocycles. The van der Waals surface area contributed by atoms with Crippen LogP contribution >= 0.6 is 23.2 Å². The summed E-state index contributed by atoms with van der Waals surface area (Å²) in [6, 6.07) is 8.25. The van der Waals surface area contributed by atoms with Gasteiger partial charge < -0.3 is 4.43 Å². The molecule has 2 aromatic carbocycles. The van der Waals surface area contributed by atoms with Gasteiger partial charge in [-0.2, -0.15) is 13.2 Å². The molecular weight excluding hydrogens is 545 g/mol. The van der Waals surface area contributed by atoms with Crippen LogP contribution in [0.1, 0.15) is 23.2 Å². The van der Waals surface area contributed by atoms with Crippen LogP contribution < -0.4 is 0 Å². The summed E-state index contributed by atoms with van der Waals surface area (Å²) in [6.07, 6.45) is -8.50. The lowest BCUT2D eigenvalue weighted by atomic mass is 9.81. The highest BCUT2D eigenvalue weighted by atomic mass is 35.5. The zero-order valence-corrected chi connectivity index (χ0v) is 22.6. The summed E-state index contributed by atoms with van der Waals surface area (Å²) in [5.74, 6) is 0. The van der Waals surface area contributed by atoms with Gasteiger partial charge in [0.2, 0.25) is 5.60 Å². The molecule has 1 heterocycles. The Morgan fingerprint density at radius 3 is 2.23 bits per heavy atom. The first-order chi connectivity index (χ1) is 16.0. The molecule has 0 saturated heterocycles. The maximum atomic E-state index is 15.7. The predicted octanol–water partition coefficient (Wildman–Crippen LogP) is 7.39. The molecule has 1 aliphatic rings. The lowest BCUT2D eigenvalue weighted by Crippen LogP contribution is -2.59. The number of hydrogen-bond acceptors (Lipinski definition) is 3. The van der Waals surface area contributed by atoms with Crippen molar-refractivity contribution in [3.63, 3.8) is 0 Å². The molecule has 190 valence electrons. The molecule has 0 saturated carbocycles. The van der Waals surface area contributed by atoms with Crippen LogP contribution in [-0.4, -0.2) is 33.1 Å². The van der Waals surface area contributed by atoms with Crippen molar-refractivity contribution < 1.29 is 30.4 Å². The zero-order chi connectivity index (χ0) is 26.1. The van der Waals surface area contributed by atoms with Gasteiger partial charge in [0.05, 0.1) is 26.2 Å². The molecule has 0 bridgehead atoms. The van der Waals surface area contributed by atoms with Gasteiger partial charge in [0.1, 0.15) is 6.17 Å². The summed E-state index contributed by atoms with van der Waals surface area (Å²) in [7, 11) is -7.74. The summed E-state index contributed by atoms with van der Waals surface area (Å²) < 4.78 is 94.6. The van der Waals surface area contributed by atoms with Crippen molar-refractivity contribution >= 4 is 52.4 Å². The number of nitrogens with zero attached hydrogens (tertiary/aromatic N) is 1. The van der Waals surface area contributed by atoms with Crippen molar-refractivity contribution in [2.45, 2.75) is 62.3 Å². The van der Waals surface area contributed by atoms with Crippen molar-refractivity contribution in [1.82, 2.24) is 3.97 Å². The number of halogens is 6. The summed E-state index contributed by atoms with van der Waals surface area (Å²) in [6.45, 7) is 6.22. The Morgan fingerprint density at radius 2 is 1.69 bits per heavy atom. The van der Waals surface area contributed by atoms with Crippen molar-refractivity contribution in [1.29, 1.82) is 0 Å². The van der Waals surface area contributed by atoms with E-state index in [-0.39, 0.29) is 37.8 Å². The lowest BCUT2D eigenvalue weighted by molar-refractivity contribution is -0.284. The van der Waals surface area contributed by atoms with E-state index in [2.05, 4.69) is 0 Å². The van der Waals surface area contributed by atoms with Gasteiger partial charge in [0.15, 0.2) is 8.32 Å². The number of rotatable bonds is 4. The third-order valence-corrected chi connectivity index (χ3v) is 9.44. The molecule has 0 aliphatic heterocycles. The Kier molecular flexibility index (Phi) is 6.41. The minimum atomic E-state index is -5.27. The maximum absolute atomic E-state index is 15.7. The van der Waals surface area contributed by atoms with E-state index in [1.165, 1.54) is 56.0 Å². The third kappa shape index (κ3) is 4.11. The van der Waals surface area contributed by atoms with Crippen LogP contribution in [0.2, 0.25) is 29.7 Å². The highest BCUT2D eigenvalue weighted by Gasteiger charge is 2.68. The van der Waals surface area contributed by atoms with Crippen LogP contribution in [0.5, 0.6) is 0 Å². The largest absolute Gasteiger partial charge is 0.425 e. The minimum absolute atomic E-state index is 0.0346. The van der Waals surface area contributed by atoms with E-state index in [0.717, 1.165) is 5.56 Å². The van der Waals surface area contributed by atoms with E-state index in [1.807, 2.05) is 0 Å². The van der Waals surface area contributed by atoms with Gasteiger partial charge >= 0.3 is 6.18 Å². The number of hydrogen-bond donors (Lipinski definition) is 0. The summed E-state index contributed by atoms with van der Waals surface area (Å²) >= 11 is 12.6. The van der Waals surface area contributed by atoms with Crippen LogP contribution in [0.4, 0.5) is 17.6 Å². The van der Waals surface area contributed by atoms with Crippen LogP contribution in [-0.2, 0) is 26.5 Å². The fourth-order valence-electron chi connectivity index (χ4n) is 4.63. The van der Waals surface area contributed by atoms with Crippen molar-refractivity contribution in [3.8, 4) is 0 Å². The molecule has 3 aromatic rings. The predicted molar refractivity (Wildman–Crippen MR) is 131 cm³/mol. The second-order valence-corrected chi connectivity index (χ2v) is 16.6. The number of aryl methyl sites for hydroxylation is 2. The molecule has 2 unspecified atom stereocenters. The van der Waals surface area contributed by atoms with Crippen molar-refractivity contribution in [3.05, 3.63) is 63.3 Å². The molecule has 35 heavy (non-hydrogen) atoms. The van der Waals surface area contributed by atoms with Gasteiger partial charge in [-0.3, -0.25) is 0 Å². The fraction of sp³-hybridized carbons (Fsp3) is 0.391. The van der Waals surface area contributed by atoms with E-state index in [9.17, 15) is 21.6 Å². The van der Waals surface area contributed by atoms with Gasteiger partial charge in [-0.15, -0.1) is 0 Å². The highest BCUT2D eigenvalue weighted by molar-refractivity contribution is 7.90. The van der Waals surface area contributed by atoms with Gasteiger partial charge in [-0.25, -0.2) is 16.8 Å². The SMILES string of the molecule is Cc1ccc(S(=O)(=O)n2c3c(c4c(Cl)c(Cl)ccc42)CCC(F)C3(O[Si](C)(C)C)C(F)(F)F)cc1. The Hall–Kier alpha value is -1.59. The van der Waals surface area contributed by atoms with Gasteiger partial charge in [0, 0.05) is 5.39 Å². The second-order valence-electron chi connectivity index (χ2n) is 9.62. The molecule has 0 radical (unpaired) electrons. The quantitative estimate of drug-likeness (QED) is 0.244. The molecule has 2 atom stereocenters. The third-order valence-electron chi connectivity index (χ3n) is 5.97. The summed E-state index contributed by atoms with van der Waals surface area (Å²) in [5.41, 5.74) is -3.70. The average molecular weight is 568 g/mol. The van der Waals surface area contributed by atoms with Gasteiger partial charge in [-0.1, -0.05) is 40.9 Å². The van der Waals surface area contributed by atoms with Gasteiger partial charge in [0.25, 0.3) is 10.0 Å². The van der Waals surface area contributed by atoms with E-state index in [0.29, 0.717) is 3.97 Å². The van der Waals surface area contributed by atoms with E-state index >= 15 is 4.39 Å². The molecule has 0 fully saturated rings. The number of benzene rings is 2. The molecular formula is C23H23Cl2F4NO3SSi. The van der Waals surface area contributed by atoms with Gasteiger partial charge in [-0.05, 0) is 69.2 Å². The smallest absolute Gasteiger partial charge is 0.397 e. The molecule has 0 spiro atoms. The van der Waals surface area contributed by atoms with Crippen LogP contribution in [0.3, 0.4) is 0 Å². The maximum Gasteiger partial charge on any atom is 0.425 e. The van der Waals surface area contributed by atoms with Crippen molar-refractivity contribution in [2.75, 3.05) is 0 Å². The number of alkyl halides is 4. The van der Waals surface area contributed by atoms with Crippen LogP contribution in [0.15, 0.2) is 41.3 Å². The average Bonchev–Trinajstić information content (AvgIpc) is 3.07. The Bertz CT molecular complexity index is 1420. The van der Waals surface area contributed by atoms with Crippen molar-refractivity contribution in [2.24, 2.45) is 0 Å². The van der Waals surface area contributed by atoms with E-state index < -0.39 is 48.4 Å². The number of aromatic nitrogens is 1. The lowest BCUT2D eigenvalue weighted by Gasteiger charge is -2.45. The van der Waals surface area contributed by atoms with Crippen LogP contribution in [0, 0.1) is 6.92 Å². The summed E-state index contributed by atoms with van der Waals surface area (Å²) in [4.78, 5) is -0.251. The Balaban J connectivity index is 2.25. The second kappa shape index (κ2) is 8.48. The Morgan fingerprint density at radius 1 is 1.09 bits per heavy atom. The first-order valence-electron chi connectivity index (χ1n) is 10.8. The topological polar surface area (TPSA) is 48.3 Å². The monoisotopic (exact) mass is 567 g/mol. The summed E-state index contributed by atoms with van der Waals surface area (Å²) in [5, 5.41) is -0.0119. The molecule has 0 N–H and O–H groups in total. The Labute approximate surface area is 212 Å². The van der Waals surface area contributed by atoms with E-state index in [4.69, 9.17) is 27.6 Å². The minimum Gasteiger partial charge on any atom is -0.397 e. The standard InChI is InChI=1S/C23H23Cl2F4NO3SSi/c1-13-5-7-14(8-6-13)34(31,32)30-17-11-10-16(24)20(25)19(17)15-9-12-18(26)22(21(15)30,23(27,28)29)33-35(2,3)4/h5-8,10-11,18H,9,12H2,1-4H3. The molecule has 4 rings (SSSR count). The van der Waals surface area contributed by atoms with E-state index in [1.54, 1.807) is 6.92 Å². The molecule has 0 amide bonds. The normalized spacial score (nSPS) is 21.4. The number of fused-ring (bicyclic) bond motifs is 3.